The largest absolute Gasteiger partial charge is 0.301 e. The van der Waals surface area contributed by atoms with E-state index in [1.54, 1.807) is 28.5 Å². The third-order valence-corrected chi connectivity index (χ3v) is 5.32. The molecule has 0 unspecified atom stereocenters. The summed E-state index contributed by atoms with van der Waals surface area (Å²) in [6, 6.07) is 4.07. The molecule has 23 heavy (non-hydrogen) atoms. The fourth-order valence-corrected chi connectivity index (χ4v) is 4.00. The first-order chi connectivity index (χ1) is 11.3. The molecule has 0 aliphatic heterocycles. The number of aryl methyl sites for hydroxylation is 1. The molecule has 4 heterocycles. The van der Waals surface area contributed by atoms with Crippen LogP contribution in [0.4, 0.5) is 0 Å². The molecule has 4 rings (SSSR count). The lowest BCUT2D eigenvalue weighted by molar-refractivity contribution is 0.687. The van der Waals surface area contributed by atoms with E-state index >= 15 is 0 Å². The highest BCUT2D eigenvalue weighted by atomic mass is 32.2. The van der Waals surface area contributed by atoms with Crippen molar-refractivity contribution in [1.82, 2.24) is 34.5 Å². The number of rotatable bonds is 4. The third kappa shape index (κ3) is 2.41. The standard InChI is InChI=1S/C14H13N7S2/c1-3-21-12(10-5-4-6-22-10)18-19-14(21)23-13-9-7-17-20(2)11(9)15-8-16-13/h4-8H,3H2,1-2H3. The van der Waals surface area contributed by atoms with Gasteiger partial charge in [0.1, 0.15) is 11.4 Å². The van der Waals surface area contributed by atoms with Crippen molar-refractivity contribution in [2.75, 3.05) is 0 Å². The highest BCUT2D eigenvalue weighted by molar-refractivity contribution is 7.99. The molecule has 4 aromatic heterocycles. The van der Waals surface area contributed by atoms with Crippen LogP contribution in [0.25, 0.3) is 21.7 Å². The zero-order valence-corrected chi connectivity index (χ0v) is 14.2. The van der Waals surface area contributed by atoms with E-state index in [4.69, 9.17) is 0 Å². The zero-order chi connectivity index (χ0) is 15.8. The van der Waals surface area contributed by atoms with E-state index in [9.17, 15) is 0 Å². The Morgan fingerprint density at radius 1 is 1.26 bits per heavy atom. The van der Waals surface area contributed by atoms with Crippen molar-refractivity contribution in [3.8, 4) is 10.7 Å². The van der Waals surface area contributed by atoms with Gasteiger partial charge in [-0.1, -0.05) is 6.07 Å². The second-order valence-corrected chi connectivity index (χ2v) is 6.72. The van der Waals surface area contributed by atoms with Gasteiger partial charge in [-0.25, -0.2) is 9.97 Å². The van der Waals surface area contributed by atoms with Crippen LogP contribution in [0.15, 0.2) is 40.2 Å². The van der Waals surface area contributed by atoms with Gasteiger partial charge in [-0.2, -0.15) is 5.10 Å². The summed E-state index contributed by atoms with van der Waals surface area (Å²) < 4.78 is 3.84. The molecule has 0 spiro atoms. The van der Waals surface area contributed by atoms with Gasteiger partial charge in [0.2, 0.25) is 0 Å². The lowest BCUT2D eigenvalue weighted by Crippen LogP contribution is -1.99. The molecule has 0 aliphatic carbocycles. The molecule has 7 nitrogen and oxygen atoms in total. The van der Waals surface area contributed by atoms with E-state index in [1.807, 2.05) is 18.5 Å². The number of fused-ring (bicyclic) bond motifs is 1. The number of nitrogens with zero attached hydrogens (tertiary/aromatic N) is 7. The zero-order valence-electron chi connectivity index (χ0n) is 12.5. The average molecular weight is 343 g/mol. The molecule has 0 saturated heterocycles. The highest BCUT2D eigenvalue weighted by Crippen LogP contribution is 2.32. The Hall–Kier alpha value is -2.26. The molecule has 0 bridgehead atoms. The Bertz CT molecular complexity index is 955. The monoisotopic (exact) mass is 343 g/mol. The second-order valence-electron chi connectivity index (χ2n) is 4.81. The number of aromatic nitrogens is 7. The summed E-state index contributed by atoms with van der Waals surface area (Å²) >= 11 is 3.15. The van der Waals surface area contributed by atoms with Gasteiger partial charge in [-0.05, 0) is 30.1 Å². The van der Waals surface area contributed by atoms with Gasteiger partial charge in [0.25, 0.3) is 0 Å². The maximum atomic E-state index is 4.38. The van der Waals surface area contributed by atoms with Crippen LogP contribution >= 0.6 is 23.1 Å². The van der Waals surface area contributed by atoms with E-state index < -0.39 is 0 Å². The van der Waals surface area contributed by atoms with Gasteiger partial charge in [-0.15, -0.1) is 21.5 Å². The quantitative estimate of drug-likeness (QED) is 0.531. The molecule has 0 aromatic carbocycles. The van der Waals surface area contributed by atoms with Crippen LogP contribution < -0.4 is 0 Å². The van der Waals surface area contributed by atoms with Crippen LogP contribution in [0.1, 0.15) is 6.92 Å². The van der Waals surface area contributed by atoms with Crippen molar-refractivity contribution >= 4 is 34.1 Å². The molecule has 9 heteroatoms. The first-order valence-electron chi connectivity index (χ1n) is 7.05. The lowest BCUT2D eigenvalue weighted by Gasteiger charge is -2.06. The van der Waals surface area contributed by atoms with Gasteiger partial charge in [0, 0.05) is 13.6 Å². The van der Waals surface area contributed by atoms with Crippen LogP contribution in [0.3, 0.4) is 0 Å². The summed E-state index contributed by atoms with van der Waals surface area (Å²) in [7, 11) is 1.87. The predicted octanol–water partition coefficient (Wildman–Crippen LogP) is 2.85. The molecule has 0 amide bonds. The third-order valence-electron chi connectivity index (χ3n) is 3.46. The minimum atomic E-state index is 0.795. The summed E-state index contributed by atoms with van der Waals surface area (Å²) in [5.74, 6) is 0.890. The van der Waals surface area contributed by atoms with Crippen molar-refractivity contribution in [1.29, 1.82) is 0 Å². The Morgan fingerprint density at radius 2 is 2.17 bits per heavy atom. The molecular weight excluding hydrogens is 330 g/mol. The van der Waals surface area contributed by atoms with E-state index in [0.29, 0.717) is 0 Å². The van der Waals surface area contributed by atoms with E-state index in [2.05, 4.69) is 42.8 Å². The first-order valence-corrected chi connectivity index (χ1v) is 8.75. The van der Waals surface area contributed by atoms with Crippen molar-refractivity contribution in [2.45, 2.75) is 23.7 Å². The van der Waals surface area contributed by atoms with Crippen molar-refractivity contribution in [3.63, 3.8) is 0 Å². The highest BCUT2D eigenvalue weighted by Gasteiger charge is 2.17. The molecule has 116 valence electrons. The Labute approximate surface area is 140 Å². The van der Waals surface area contributed by atoms with Gasteiger partial charge in [0.05, 0.1) is 16.5 Å². The first kappa shape index (κ1) is 14.3. The van der Waals surface area contributed by atoms with Crippen LogP contribution in [-0.2, 0) is 13.6 Å². The Kier molecular flexibility index (Phi) is 3.58. The fourth-order valence-electron chi connectivity index (χ4n) is 2.35. The molecule has 4 aromatic rings. The van der Waals surface area contributed by atoms with E-state index in [1.165, 1.54) is 11.8 Å². The Morgan fingerprint density at radius 3 is 2.96 bits per heavy atom. The second kappa shape index (κ2) is 5.74. The van der Waals surface area contributed by atoms with Crippen molar-refractivity contribution in [3.05, 3.63) is 30.0 Å². The molecular formula is C14H13N7S2. The summed E-state index contributed by atoms with van der Waals surface area (Å²) in [6.45, 7) is 2.88. The fraction of sp³-hybridized carbons (Fsp3) is 0.214. The minimum Gasteiger partial charge on any atom is -0.301 e. The maximum absolute atomic E-state index is 4.38. The number of hydrogen-bond donors (Lipinski definition) is 0. The molecule has 0 radical (unpaired) electrons. The predicted molar refractivity (Wildman–Crippen MR) is 89.4 cm³/mol. The molecule has 0 atom stereocenters. The van der Waals surface area contributed by atoms with Gasteiger partial charge < -0.3 is 4.57 Å². The van der Waals surface area contributed by atoms with Crippen LogP contribution in [-0.4, -0.2) is 34.5 Å². The average Bonchev–Trinajstić information content (AvgIpc) is 3.28. The van der Waals surface area contributed by atoms with Crippen LogP contribution in [0, 0.1) is 0 Å². The van der Waals surface area contributed by atoms with Crippen molar-refractivity contribution in [2.24, 2.45) is 7.05 Å². The summed E-state index contributed by atoms with van der Waals surface area (Å²) in [6.07, 6.45) is 3.34. The molecule has 0 N–H and O–H groups in total. The maximum Gasteiger partial charge on any atom is 0.197 e. The topological polar surface area (TPSA) is 74.3 Å². The minimum absolute atomic E-state index is 0.795. The summed E-state index contributed by atoms with van der Waals surface area (Å²) in [5, 5.41) is 17.6. The van der Waals surface area contributed by atoms with Crippen LogP contribution in [0.2, 0.25) is 0 Å². The van der Waals surface area contributed by atoms with Crippen LogP contribution in [0.5, 0.6) is 0 Å². The number of thiophene rings is 1. The molecule has 0 saturated carbocycles. The van der Waals surface area contributed by atoms with E-state index in [0.717, 1.165) is 38.5 Å². The van der Waals surface area contributed by atoms with Gasteiger partial charge in [0.15, 0.2) is 16.6 Å². The van der Waals surface area contributed by atoms with Gasteiger partial charge in [-0.3, -0.25) is 4.68 Å². The summed E-state index contributed by atoms with van der Waals surface area (Å²) in [4.78, 5) is 9.76. The normalized spacial score (nSPS) is 11.4. The molecule has 0 fully saturated rings. The SMILES string of the molecule is CCn1c(Sc2ncnc3c2cnn3C)nnc1-c1cccs1. The summed E-state index contributed by atoms with van der Waals surface area (Å²) in [5.41, 5.74) is 0.809. The molecule has 0 aliphatic rings. The van der Waals surface area contributed by atoms with Crippen molar-refractivity contribution < 1.29 is 0 Å². The lowest BCUT2D eigenvalue weighted by atomic mass is 10.4. The Balaban J connectivity index is 1.77. The van der Waals surface area contributed by atoms with E-state index in [-0.39, 0.29) is 0 Å². The number of hydrogen-bond acceptors (Lipinski definition) is 7. The smallest absolute Gasteiger partial charge is 0.197 e. The van der Waals surface area contributed by atoms with Gasteiger partial charge >= 0.3 is 0 Å².